The molecule has 2 rings (SSSR count). The molecule has 0 saturated carbocycles. The van der Waals surface area contributed by atoms with Crippen molar-refractivity contribution < 1.29 is 8.42 Å². The van der Waals surface area contributed by atoms with Gasteiger partial charge in [-0.2, -0.15) is 0 Å². The van der Waals surface area contributed by atoms with E-state index < -0.39 is 9.84 Å². The predicted molar refractivity (Wildman–Crippen MR) is 69.0 cm³/mol. The van der Waals surface area contributed by atoms with Crippen LogP contribution in [0.2, 0.25) is 5.02 Å². The van der Waals surface area contributed by atoms with Gasteiger partial charge in [0.2, 0.25) is 0 Å². The van der Waals surface area contributed by atoms with Crippen molar-refractivity contribution in [2.45, 2.75) is 18.9 Å². The fraction of sp³-hybridized carbons (Fsp3) is 0.500. The third kappa shape index (κ3) is 3.23. The minimum Gasteiger partial charge on any atom is -0.396 e. The van der Waals surface area contributed by atoms with Gasteiger partial charge in [0.05, 0.1) is 22.2 Å². The Hall–Kier alpha value is -1.01. The van der Waals surface area contributed by atoms with E-state index in [1.165, 1.54) is 6.20 Å². The van der Waals surface area contributed by atoms with E-state index in [4.69, 9.17) is 17.3 Å². The number of hydrogen-bond acceptors (Lipinski definition) is 5. The summed E-state index contributed by atoms with van der Waals surface area (Å²) in [6.45, 7) is 0. The number of aromatic nitrogens is 1. The number of rotatable bonds is 2. The van der Waals surface area contributed by atoms with Gasteiger partial charge in [-0.15, -0.1) is 0 Å². The van der Waals surface area contributed by atoms with E-state index in [0.717, 1.165) is 6.42 Å². The van der Waals surface area contributed by atoms with Crippen LogP contribution in [0.4, 0.5) is 11.5 Å². The lowest BCUT2D eigenvalue weighted by Gasteiger charge is -2.24. The van der Waals surface area contributed by atoms with Gasteiger partial charge in [-0.05, 0) is 18.9 Å². The maximum Gasteiger partial charge on any atom is 0.152 e. The lowest BCUT2D eigenvalue weighted by atomic mass is 10.2. The molecule has 17 heavy (non-hydrogen) atoms. The number of nitrogens with one attached hydrogen (secondary N) is 1. The zero-order valence-corrected chi connectivity index (χ0v) is 10.8. The van der Waals surface area contributed by atoms with E-state index in [2.05, 4.69) is 10.3 Å². The molecule has 3 N–H and O–H groups in total. The van der Waals surface area contributed by atoms with Gasteiger partial charge in [0, 0.05) is 12.2 Å². The van der Waals surface area contributed by atoms with E-state index in [1.807, 2.05) is 0 Å². The van der Waals surface area contributed by atoms with Crippen molar-refractivity contribution in [1.29, 1.82) is 0 Å². The highest BCUT2D eigenvalue weighted by Gasteiger charge is 2.25. The van der Waals surface area contributed by atoms with Gasteiger partial charge >= 0.3 is 0 Å². The fourth-order valence-electron chi connectivity index (χ4n) is 1.91. The third-order valence-corrected chi connectivity index (χ3v) is 4.72. The van der Waals surface area contributed by atoms with Crippen LogP contribution in [0.15, 0.2) is 12.3 Å². The Morgan fingerprint density at radius 1 is 1.53 bits per heavy atom. The number of halogens is 1. The molecule has 5 nitrogen and oxygen atoms in total. The smallest absolute Gasteiger partial charge is 0.152 e. The van der Waals surface area contributed by atoms with Crippen LogP contribution in [0.3, 0.4) is 0 Å². The fourth-order valence-corrected chi connectivity index (χ4v) is 3.71. The summed E-state index contributed by atoms with van der Waals surface area (Å²) in [4.78, 5) is 4.06. The van der Waals surface area contributed by atoms with Crippen LogP contribution in [0, 0.1) is 0 Å². The van der Waals surface area contributed by atoms with Crippen LogP contribution in [-0.2, 0) is 9.84 Å². The molecule has 1 aromatic heterocycles. The second-order valence-electron chi connectivity index (χ2n) is 4.19. The molecule has 0 spiro atoms. The summed E-state index contributed by atoms with van der Waals surface area (Å²) >= 11 is 5.74. The SMILES string of the molecule is Nc1cc(Cl)cnc1NC1CCCS(=O)(=O)C1. The molecule has 0 amide bonds. The Morgan fingerprint density at radius 2 is 2.29 bits per heavy atom. The van der Waals surface area contributed by atoms with Crippen LogP contribution >= 0.6 is 11.6 Å². The molecule has 2 heterocycles. The second-order valence-corrected chi connectivity index (χ2v) is 6.85. The molecule has 0 bridgehead atoms. The van der Waals surface area contributed by atoms with Gasteiger partial charge < -0.3 is 11.1 Å². The van der Waals surface area contributed by atoms with E-state index >= 15 is 0 Å². The highest BCUT2D eigenvalue weighted by Crippen LogP contribution is 2.22. The first kappa shape index (κ1) is 12.4. The van der Waals surface area contributed by atoms with Gasteiger partial charge in [0.15, 0.2) is 9.84 Å². The molecule has 1 unspecified atom stereocenters. The number of nitrogen functional groups attached to an aromatic ring is 1. The standard InChI is InChI=1S/C10H14ClN3O2S/c11-7-4-9(12)10(13-5-7)14-8-2-1-3-17(15,16)6-8/h4-5,8H,1-3,6,12H2,(H,13,14). The average molecular weight is 276 g/mol. The van der Waals surface area contributed by atoms with Crippen molar-refractivity contribution >= 4 is 32.9 Å². The zero-order valence-electron chi connectivity index (χ0n) is 9.19. The second kappa shape index (κ2) is 4.70. The maximum absolute atomic E-state index is 11.5. The molecule has 1 atom stereocenters. The Morgan fingerprint density at radius 3 is 2.94 bits per heavy atom. The van der Waals surface area contributed by atoms with Crippen molar-refractivity contribution in [1.82, 2.24) is 4.98 Å². The van der Waals surface area contributed by atoms with E-state index in [9.17, 15) is 8.42 Å². The summed E-state index contributed by atoms with van der Waals surface area (Å²) in [5, 5.41) is 3.52. The number of anilines is 2. The van der Waals surface area contributed by atoms with Gasteiger partial charge in [-0.3, -0.25) is 0 Å². The largest absolute Gasteiger partial charge is 0.396 e. The van der Waals surface area contributed by atoms with Crippen LogP contribution in [-0.4, -0.2) is 30.9 Å². The molecule has 0 aliphatic carbocycles. The molecular weight excluding hydrogens is 262 g/mol. The molecule has 1 aliphatic heterocycles. The molecule has 0 aromatic carbocycles. The first-order valence-electron chi connectivity index (χ1n) is 5.34. The Balaban J connectivity index is 2.10. The number of sulfone groups is 1. The van der Waals surface area contributed by atoms with Crippen LogP contribution < -0.4 is 11.1 Å². The van der Waals surface area contributed by atoms with E-state index in [-0.39, 0.29) is 17.5 Å². The number of hydrogen-bond donors (Lipinski definition) is 2. The summed E-state index contributed by atoms with van der Waals surface area (Å²) in [5.41, 5.74) is 6.18. The summed E-state index contributed by atoms with van der Waals surface area (Å²) in [6, 6.07) is 1.47. The summed E-state index contributed by atoms with van der Waals surface area (Å²) in [7, 11) is -2.93. The quantitative estimate of drug-likeness (QED) is 0.850. The molecular formula is C10H14ClN3O2S. The molecule has 1 aliphatic rings. The molecule has 0 radical (unpaired) electrons. The first-order chi connectivity index (χ1) is 7.96. The zero-order chi connectivity index (χ0) is 12.5. The average Bonchev–Trinajstić information content (AvgIpc) is 2.21. The Bertz CT molecular complexity index is 518. The van der Waals surface area contributed by atoms with Crippen LogP contribution in [0.1, 0.15) is 12.8 Å². The Labute approximate surface area is 105 Å². The topological polar surface area (TPSA) is 85.1 Å². The van der Waals surface area contributed by atoms with Gasteiger partial charge in [-0.1, -0.05) is 11.6 Å². The van der Waals surface area contributed by atoms with Gasteiger partial charge in [0.1, 0.15) is 5.82 Å². The van der Waals surface area contributed by atoms with E-state index in [0.29, 0.717) is 22.9 Å². The summed E-state index contributed by atoms with van der Waals surface area (Å²) in [5.74, 6) is 0.905. The molecule has 1 saturated heterocycles. The van der Waals surface area contributed by atoms with Crippen molar-refractivity contribution in [2.75, 3.05) is 22.6 Å². The number of nitrogens with zero attached hydrogens (tertiary/aromatic N) is 1. The normalized spacial score (nSPS) is 23.2. The lowest BCUT2D eigenvalue weighted by molar-refractivity contribution is 0.561. The predicted octanol–water partition coefficient (Wildman–Crippen LogP) is 1.31. The minimum absolute atomic E-state index is 0.121. The monoisotopic (exact) mass is 275 g/mol. The lowest BCUT2D eigenvalue weighted by Crippen LogP contribution is -2.35. The van der Waals surface area contributed by atoms with Crippen LogP contribution in [0.5, 0.6) is 0 Å². The minimum atomic E-state index is -2.93. The van der Waals surface area contributed by atoms with Crippen molar-refractivity contribution in [2.24, 2.45) is 0 Å². The Kier molecular flexibility index (Phi) is 3.44. The number of nitrogens with two attached hydrogens (primary N) is 1. The summed E-state index contributed by atoms with van der Waals surface area (Å²) in [6.07, 6.45) is 2.97. The summed E-state index contributed by atoms with van der Waals surface area (Å²) < 4.78 is 23.0. The van der Waals surface area contributed by atoms with Crippen LogP contribution in [0.25, 0.3) is 0 Å². The van der Waals surface area contributed by atoms with Gasteiger partial charge in [-0.25, -0.2) is 13.4 Å². The molecule has 94 valence electrons. The molecule has 1 aromatic rings. The molecule has 1 fully saturated rings. The van der Waals surface area contributed by atoms with Crippen molar-refractivity contribution in [3.8, 4) is 0 Å². The number of pyridine rings is 1. The third-order valence-electron chi connectivity index (χ3n) is 2.69. The van der Waals surface area contributed by atoms with Crippen molar-refractivity contribution in [3.63, 3.8) is 0 Å². The van der Waals surface area contributed by atoms with Gasteiger partial charge in [0.25, 0.3) is 0 Å². The highest BCUT2D eigenvalue weighted by atomic mass is 35.5. The highest BCUT2D eigenvalue weighted by molar-refractivity contribution is 7.91. The molecule has 7 heteroatoms. The van der Waals surface area contributed by atoms with E-state index in [1.54, 1.807) is 6.07 Å². The maximum atomic E-state index is 11.5. The first-order valence-corrected chi connectivity index (χ1v) is 7.54. The van der Waals surface area contributed by atoms with Crippen molar-refractivity contribution in [3.05, 3.63) is 17.3 Å².